The van der Waals surface area contributed by atoms with Crippen LogP contribution in [0, 0.1) is 17.0 Å². The fraction of sp³-hybridized carbons (Fsp3) is 0.0909. The maximum absolute atomic E-state index is 11.9. The van der Waals surface area contributed by atoms with Crippen molar-refractivity contribution in [2.75, 3.05) is 0 Å². The quantitative estimate of drug-likeness (QED) is 0.492. The Hall–Kier alpha value is -1.93. The second kappa shape index (κ2) is 4.98. The van der Waals surface area contributed by atoms with Crippen molar-refractivity contribution in [1.29, 1.82) is 0 Å². The minimum Gasteiger partial charge on any atom is -0.378 e. The summed E-state index contributed by atoms with van der Waals surface area (Å²) in [7, 11) is -3.94. The number of hydrogen-bond acceptors (Lipinski definition) is 6. The molecule has 1 heterocycles. The molecule has 0 saturated carbocycles. The van der Waals surface area contributed by atoms with E-state index in [2.05, 4.69) is 0 Å². The Morgan fingerprint density at radius 2 is 2.00 bits per heavy atom. The molecule has 0 aliphatic carbocycles. The van der Waals surface area contributed by atoms with Gasteiger partial charge in [-0.2, -0.15) is 8.42 Å². The van der Waals surface area contributed by atoms with E-state index in [4.69, 9.17) is 4.18 Å². The van der Waals surface area contributed by atoms with Gasteiger partial charge in [0, 0.05) is 10.9 Å². The molecule has 0 N–H and O–H groups in total. The van der Waals surface area contributed by atoms with Crippen LogP contribution in [0.2, 0.25) is 0 Å². The molecule has 100 valence electrons. The lowest BCUT2D eigenvalue weighted by atomic mass is 10.3. The molecule has 0 aliphatic heterocycles. The van der Waals surface area contributed by atoms with E-state index in [1.54, 1.807) is 13.0 Å². The molecule has 19 heavy (non-hydrogen) atoms. The maximum Gasteiger partial charge on any atom is 0.348 e. The van der Waals surface area contributed by atoms with Gasteiger partial charge in [-0.05, 0) is 25.1 Å². The number of nitrogens with zero attached hydrogens (tertiary/aromatic N) is 1. The van der Waals surface area contributed by atoms with Crippen LogP contribution in [0.15, 0.2) is 40.6 Å². The van der Waals surface area contributed by atoms with Crippen molar-refractivity contribution in [2.24, 2.45) is 0 Å². The largest absolute Gasteiger partial charge is 0.378 e. The van der Waals surface area contributed by atoms with Gasteiger partial charge in [0.05, 0.1) is 11.0 Å². The molecule has 2 rings (SSSR count). The molecular weight excluding hydrogens is 290 g/mol. The van der Waals surface area contributed by atoms with Crippen molar-refractivity contribution in [1.82, 2.24) is 0 Å². The van der Waals surface area contributed by atoms with Gasteiger partial charge in [-0.15, -0.1) is 11.3 Å². The molecule has 2 aromatic rings. The average Bonchev–Trinajstić information content (AvgIpc) is 2.76. The van der Waals surface area contributed by atoms with Crippen molar-refractivity contribution < 1.29 is 17.5 Å². The monoisotopic (exact) mass is 299 g/mol. The zero-order chi connectivity index (χ0) is 14.0. The maximum atomic E-state index is 11.9. The summed E-state index contributed by atoms with van der Waals surface area (Å²) < 4.78 is 28.8. The molecule has 1 aromatic carbocycles. The standard InChI is InChI=1S/C11H9NO5S2/c1-8-5-6-11(18-8)19(15,16)17-10-4-2-3-9(7-10)12(13)14/h2-7H,1H3. The Morgan fingerprint density at radius 3 is 2.58 bits per heavy atom. The summed E-state index contributed by atoms with van der Waals surface area (Å²) in [5.41, 5.74) is -0.227. The van der Waals surface area contributed by atoms with E-state index in [1.807, 2.05) is 0 Å². The van der Waals surface area contributed by atoms with Crippen LogP contribution in [0.4, 0.5) is 5.69 Å². The number of benzene rings is 1. The van der Waals surface area contributed by atoms with Crippen LogP contribution in [-0.2, 0) is 10.1 Å². The van der Waals surface area contributed by atoms with Crippen molar-refractivity contribution >= 4 is 27.1 Å². The number of nitro benzene ring substituents is 1. The van der Waals surface area contributed by atoms with E-state index in [0.717, 1.165) is 22.3 Å². The highest BCUT2D eigenvalue weighted by atomic mass is 32.3. The minimum atomic E-state index is -3.94. The minimum absolute atomic E-state index is 0.0662. The second-order valence-electron chi connectivity index (χ2n) is 3.66. The molecule has 0 unspecified atom stereocenters. The molecule has 0 spiro atoms. The number of aryl methyl sites for hydroxylation is 1. The van der Waals surface area contributed by atoms with Gasteiger partial charge >= 0.3 is 10.1 Å². The Bertz CT molecular complexity index is 720. The fourth-order valence-electron chi connectivity index (χ4n) is 1.36. The van der Waals surface area contributed by atoms with Gasteiger partial charge in [0.2, 0.25) is 0 Å². The van der Waals surface area contributed by atoms with Crippen LogP contribution in [0.5, 0.6) is 5.75 Å². The summed E-state index contributed by atoms with van der Waals surface area (Å²) in [6, 6.07) is 8.14. The highest BCUT2D eigenvalue weighted by Gasteiger charge is 2.19. The second-order valence-corrected chi connectivity index (χ2v) is 6.72. The van der Waals surface area contributed by atoms with Gasteiger partial charge in [-0.25, -0.2) is 0 Å². The average molecular weight is 299 g/mol. The number of thiophene rings is 1. The van der Waals surface area contributed by atoms with Crippen LogP contribution < -0.4 is 4.18 Å². The summed E-state index contributed by atoms with van der Waals surface area (Å²) in [6.45, 7) is 1.77. The summed E-state index contributed by atoms with van der Waals surface area (Å²) in [5.74, 6) is -0.0831. The van der Waals surface area contributed by atoms with Gasteiger partial charge in [-0.3, -0.25) is 10.1 Å². The predicted octanol–water partition coefficient (Wildman–Crippen LogP) is 2.73. The third kappa shape index (κ3) is 3.09. The lowest BCUT2D eigenvalue weighted by Crippen LogP contribution is -2.08. The van der Waals surface area contributed by atoms with Gasteiger partial charge < -0.3 is 4.18 Å². The smallest absolute Gasteiger partial charge is 0.348 e. The highest BCUT2D eigenvalue weighted by molar-refractivity contribution is 7.89. The molecule has 0 fully saturated rings. The van der Waals surface area contributed by atoms with Gasteiger partial charge in [-0.1, -0.05) is 6.07 Å². The van der Waals surface area contributed by atoms with Crippen molar-refractivity contribution in [3.63, 3.8) is 0 Å². The molecule has 0 aliphatic rings. The van der Waals surface area contributed by atoms with E-state index in [1.165, 1.54) is 24.3 Å². The van der Waals surface area contributed by atoms with Crippen molar-refractivity contribution in [3.8, 4) is 5.75 Å². The molecule has 6 nitrogen and oxygen atoms in total. The van der Waals surface area contributed by atoms with Gasteiger partial charge in [0.25, 0.3) is 5.69 Å². The first-order valence-corrected chi connectivity index (χ1v) is 7.36. The lowest BCUT2D eigenvalue weighted by Gasteiger charge is -2.04. The van der Waals surface area contributed by atoms with Crippen molar-refractivity contribution in [2.45, 2.75) is 11.1 Å². The Labute approximate surface area is 113 Å². The Balaban J connectivity index is 2.30. The molecule has 0 bridgehead atoms. The summed E-state index contributed by atoms with van der Waals surface area (Å²) in [6.07, 6.45) is 0. The third-order valence-electron chi connectivity index (χ3n) is 2.20. The van der Waals surface area contributed by atoms with Gasteiger partial charge in [0.15, 0.2) is 4.21 Å². The van der Waals surface area contributed by atoms with E-state index >= 15 is 0 Å². The predicted molar refractivity (Wildman–Crippen MR) is 70.0 cm³/mol. The van der Waals surface area contributed by atoms with Crippen LogP contribution in [0.25, 0.3) is 0 Å². The molecule has 0 atom stereocenters. The van der Waals surface area contributed by atoms with Crippen LogP contribution >= 0.6 is 11.3 Å². The molecule has 0 saturated heterocycles. The van der Waals surface area contributed by atoms with E-state index < -0.39 is 15.0 Å². The zero-order valence-electron chi connectivity index (χ0n) is 9.77. The van der Waals surface area contributed by atoms with Crippen LogP contribution in [0.3, 0.4) is 0 Å². The number of nitro groups is 1. The third-order valence-corrected chi connectivity index (χ3v) is 4.89. The first kappa shape index (κ1) is 13.5. The number of hydrogen-bond donors (Lipinski definition) is 0. The van der Waals surface area contributed by atoms with Crippen LogP contribution in [-0.4, -0.2) is 13.3 Å². The summed E-state index contributed by atoms with van der Waals surface area (Å²) in [4.78, 5) is 10.8. The molecular formula is C11H9NO5S2. The number of rotatable bonds is 4. The van der Waals surface area contributed by atoms with E-state index in [9.17, 15) is 18.5 Å². The number of non-ortho nitro benzene ring substituents is 1. The van der Waals surface area contributed by atoms with E-state index in [-0.39, 0.29) is 15.6 Å². The first-order chi connectivity index (χ1) is 8.88. The summed E-state index contributed by atoms with van der Waals surface area (Å²) in [5, 5.41) is 10.6. The van der Waals surface area contributed by atoms with Gasteiger partial charge in [0.1, 0.15) is 5.75 Å². The summed E-state index contributed by atoms with van der Waals surface area (Å²) >= 11 is 1.08. The Morgan fingerprint density at radius 1 is 1.26 bits per heavy atom. The highest BCUT2D eigenvalue weighted by Crippen LogP contribution is 2.26. The fourth-order valence-corrected chi connectivity index (χ4v) is 3.53. The van der Waals surface area contributed by atoms with Crippen LogP contribution in [0.1, 0.15) is 4.88 Å². The van der Waals surface area contributed by atoms with E-state index in [0.29, 0.717) is 0 Å². The lowest BCUT2D eigenvalue weighted by molar-refractivity contribution is -0.384. The topological polar surface area (TPSA) is 86.5 Å². The van der Waals surface area contributed by atoms with Crippen molar-refractivity contribution in [3.05, 3.63) is 51.4 Å². The normalized spacial score (nSPS) is 11.2. The molecule has 8 heteroatoms. The Kier molecular flexibility index (Phi) is 3.54. The molecule has 1 aromatic heterocycles. The first-order valence-electron chi connectivity index (χ1n) is 5.14. The zero-order valence-corrected chi connectivity index (χ0v) is 11.4. The SMILES string of the molecule is Cc1ccc(S(=O)(=O)Oc2cccc([N+](=O)[O-])c2)s1. The molecule has 0 amide bonds. The molecule has 0 radical (unpaired) electrons.